The Morgan fingerprint density at radius 1 is 0.923 bits per heavy atom. The number of halogens is 3. The van der Waals surface area contributed by atoms with Crippen LogP contribution in [0.3, 0.4) is 0 Å². The molecule has 3 rings (SSSR count). The maximum atomic E-state index is 12.7. The zero-order valence-electron chi connectivity index (χ0n) is 13.3. The topological polar surface area (TPSA) is 66.5 Å². The summed E-state index contributed by atoms with van der Waals surface area (Å²) in [6.45, 7) is 1.45. The largest absolute Gasteiger partial charge is 0.350 e. The molecule has 8 heteroatoms. The van der Waals surface area contributed by atoms with Gasteiger partial charge in [-0.25, -0.2) is 4.90 Å². The highest BCUT2D eigenvalue weighted by Crippen LogP contribution is 2.33. The number of Topliss-reactive ketones (excluding diaryl/α,β-unsaturated/α-hetero) is 1. The Morgan fingerprint density at radius 3 is 2.04 bits per heavy atom. The van der Waals surface area contributed by atoms with Gasteiger partial charge in [0.25, 0.3) is 11.8 Å². The first-order valence-corrected chi connectivity index (χ1v) is 8.54. The fourth-order valence-corrected chi connectivity index (χ4v) is 3.17. The van der Waals surface area contributed by atoms with Crippen LogP contribution >= 0.6 is 34.8 Å². The molecule has 1 aliphatic heterocycles. The van der Waals surface area contributed by atoms with Crippen LogP contribution in [0.1, 0.15) is 17.3 Å². The minimum absolute atomic E-state index is 0.0664. The third-order valence-corrected chi connectivity index (χ3v) is 4.48. The van der Waals surface area contributed by atoms with Crippen molar-refractivity contribution < 1.29 is 14.4 Å². The Bertz CT molecular complexity index is 948. The number of carbonyl (C=O) groups excluding carboxylic acids is 3. The predicted octanol–water partition coefficient (Wildman–Crippen LogP) is 4.63. The van der Waals surface area contributed by atoms with Crippen molar-refractivity contribution in [3.05, 3.63) is 68.8 Å². The number of benzene rings is 2. The molecular weight excluding hydrogens is 399 g/mol. The Labute approximate surface area is 164 Å². The van der Waals surface area contributed by atoms with E-state index >= 15 is 0 Å². The molecule has 2 aromatic rings. The van der Waals surface area contributed by atoms with Crippen LogP contribution in [0, 0.1) is 0 Å². The minimum Gasteiger partial charge on any atom is -0.350 e. The van der Waals surface area contributed by atoms with Gasteiger partial charge in [0.1, 0.15) is 10.7 Å². The molecule has 5 nitrogen and oxygen atoms in total. The zero-order chi connectivity index (χ0) is 19.0. The van der Waals surface area contributed by atoms with Crippen molar-refractivity contribution >= 4 is 63.8 Å². The lowest BCUT2D eigenvalue weighted by Crippen LogP contribution is -2.32. The van der Waals surface area contributed by atoms with Gasteiger partial charge in [0.15, 0.2) is 5.78 Å². The minimum atomic E-state index is -0.683. The number of nitrogens with zero attached hydrogens (tertiary/aromatic N) is 1. The van der Waals surface area contributed by atoms with Gasteiger partial charge in [-0.05, 0) is 49.4 Å². The third kappa shape index (κ3) is 3.46. The van der Waals surface area contributed by atoms with E-state index in [-0.39, 0.29) is 32.2 Å². The van der Waals surface area contributed by atoms with Crippen LogP contribution < -0.4 is 10.2 Å². The average molecular weight is 410 g/mol. The first kappa shape index (κ1) is 18.5. The number of amides is 2. The molecule has 0 aliphatic carbocycles. The summed E-state index contributed by atoms with van der Waals surface area (Å²) in [5.41, 5.74) is 1.19. The number of carbonyl (C=O) groups is 3. The lowest BCUT2D eigenvalue weighted by atomic mass is 10.1. The fraction of sp³-hybridized carbons (Fsp3) is 0.0556. The van der Waals surface area contributed by atoms with E-state index in [1.165, 1.54) is 25.1 Å². The van der Waals surface area contributed by atoms with Gasteiger partial charge in [-0.2, -0.15) is 0 Å². The summed E-state index contributed by atoms with van der Waals surface area (Å²) in [4.78, 5) is 37.3. The van der Waals surface area contributed by atoms with E-state index in [1.807, 2.05) is 0 Å². The summed E-state index contributed by atoms with van der Waals surface area (Å²) >= 11 is 18.0. The summed E-state index contributed by atoms with van der Waals surface area (Å²) < 4.78 is 0. The van der Waals surface area contributed by atoms with Gasteiger partial charge >= 0.3 is 0 Å². The number of ketones is 1. The first-order chi connectivity index (χ1) is 12.3. The van der Waals surface area contributed by atoms with Crippen LogP contribution in [0.25, 0.3) is 0 Å². The van der Waals surface area contributed by atoms with E-state index in [4.69, 9.17) is 34.8 Å². The van der Waals surface area contributed by atoms with Crippen molar-refractivity contribution in [2.75, 3.05) is 10.2 Å². The van der Waals surface area contributed by atoms with Crippen LogP contribution in [0.4, 0.5) is 11.4 Å². The Hall–Kier alpha value is -2.34. The Balaban J connectivity index is 1.90. The summed E-state index contributed by atoms with van der Waals surface area (Å²) in [5.74, 6) is -1.39. The van der Waals surface area contributed by atoms with Gasteiger partial charge in [0.2, 0.25) is 0 Å². The molecule has 0 atom stereocenters. The molecule has 1 N–H and O–H groups in total. The van der Waals surface area contributed by atoms with Gasteiger partial charge in [-0.15, -0.1) is 0 Å². The molecule has 0 bridgehead atoms. The molecule has 0 fully saturated rings. The molecule has 1 aliphatic rings. The van der Waals surface area contributed by atoms with E-state index < -0.39 is 11.8 Å². The average Bonchev–Trinajstić information content (AvgIpc) is 2.78. The molecule has 0 unspecified atom stereocenters. The molecular formula is C18H11Cl3N2O3. The normalized spacial score (nSPS) is 14.2. The van der Waals surface area contributed by atoms with Gasteiger partial charge in [0.05, 0.1) is 5.69 Å². The molecule has 0 saturated carbocycles. The quantitative estimate of drug-likeness (QED) is 0.590. The second kappa shape index (κ2) is 7.11. The van der Waals surface area contributed by atoms with Crippen molar-refractivity contribution in [1.29, 1.82) is 0 Å². The van der Waals surface area contributed by atoms with Gasteiger partial charge in [0, 0.05) is 21.3 Å². The van der Waals surface area contributed by atoms with Gasteiger partial charge < -0.3 is 5.32 Å². The summed E-state index contributed by atoms with van der Waals surface area (Å²) in [6.07, 6.45) is 0. The second-order valence-corrected chi connectivity index (χ2v) is 6.77. The second-order valence-electron chi connectivity index (χ2n) is 5.52. The van der Waals surface area contributed by atoms with Crippen LogP contribution in [-0.2, 0) is 9.59 Å². The molecule has 132 valence electrons. The van der Waals surface area contributed by atoms with Crippen molar-refractivity contribution in [1.82, 2.24) is 0 Å². The molecule has 0 spiro atoms. The van der Waals surface area contributed by atoms with E-state index in [9.17, 15) is 14.4 Å². The zero-order valence-corrected chi connectivity index (χ0v) is 15.6. The predicted molar refractivity (Wildman–Crippen MR) is 102 cm³/mol. The van der Waals surface area contributed by atoms with E-state index in [1.54, 1.807) is 24.3 Å². The Morgan fingerprint density at radius 2 is 1.50 bits per heavy atom. The van der Waals surface area contributed by atoms with Crippen LogP contribution in [0.15, 0.2) is 53.2 Å². The van der Waals surface area contributed by atoms with Gasteiger partial charge in [-0.3, -0.25) is 14.4 Å². The molecule has 0 saturated heterocycles. The highest BCUT2D eigenvalue weighted by atomic mass is 35.5. The number of imide groups is 1. The SMILES string of the molecule is CC(=O)c1ccc(NC2=C(Cl)C(=O)N(c3cc(Cl)cc(Cl)c3)C2=O)cc1. The van der Waals surface area contributed by atoms with Gasteiger partial charge in [-0.1, -0.05) is 34.8 Å². The number of anilines is 2. The maximum Gasteiger partial charge on any atom is 0.283 e. The number of rotatable bonds is 4. The Kier molecular flexibility index (Phi) is 5.05. The molecule has 1 heterocycles. The molecule has 0 radical (unpaired) electrons. The summed E-state index contributed by atoms with van der Waals surface area (Å²) in [7, 11) is 0. The van der Waals surface area contributed by atoms with Crippen molar-refractivity contribution in [3.63, 3.8) is 0 Å². The standard InChI is InChI=1S/C18H11Cl3N2O3/c1-9(24)10-2-4-13(5-3-10)22-16-15(21)17(25)23(18(16)26)14-7-11(19)6-12(20)8-14/h2-8,22H,1H3. The lowest BCUT2D eigenvalue weighted by molar-refractivity contribution is -0.120. The van der Waals surface area contributed by atoms with E-state index in [0.717, 1.165) is 4.90 Å². The molecule has 2 amide bonds. The molecule has 0 aromatic heterocycles. The number of nitrogens with one attached hydrogen (secondary N) is 1. The summed E-state index contributed by atoms with van der Waals surface area (Å²) in [6, 6.07) is 10.8. The number of hydrogen-bond donors (Lipinski definition) is 1. The summed E-state index contributed by atoms with van der Waals surface area (Å²) in [5, 5.41) is 3.14. The lowest BCUT2D eigenvalue weighted by Gasteiger charge is -2.16. The highest BCUT2D eigenvalue weighted by Gasteiger charge is 2.39. The monoisotopic (exact) mass is 408 g/mol. The highest BCUT2D eigenvalue weighted by molar-refractivity contribution is 6.53. The van der Waals surface area contributed by atoms with E-state index in [0.29, 0.717) is 11.3 Å². The van der Waals surface area contributed by atoms with Crippen molar-refractivity contribution in [2.45, 2.75) is 6.92 Å². The van der Waals surface area contributed by atoms with Crippen molar-refractivity contribution in [2.24, 2.45) is 0 Å². The third-order valence-electron chi connectivity index (χ3n) is 3.69. The molecule has 26 heavy (non-hydrogen) atoms. The van der Waals surface area contributed by atoms with E-state index in [2.05, 4.69) is 5.32 Å². The smallest absolute Gasteiger partial charge is 0.283 e. The molecule has 2 aromatic carbocycles. The maximum absolute atomic E-state index is 12.7. The van der Waals surface area contributed by atoms with Crippen LogP contribution in [-0.4, -0.2) is 17.6 Å². The van der Waals surface area contributed by atoms with Crippen LogP contribution in [0.2, 0.25) is 10.0 Å². The first-order valence-electron chi connectivity index (χ1n) is 7.40. The van der Waals surface area contributed by atoms with Crippen molar-refractivity contribution in [3.8, 4) is 0 Å². The van der Waals surface area contributed by atoms with Crippen LogP contribution in [0.5, 0.6) is 0 Å². The number of hydrogen-bond acceptors (Lipinski definition) is 4. The fourth-order valence-electron chi connectivity index (χ4n) is 2.45.